The second kappa shape index (κ2) is 8.10. The van der Waals surface area contributed by atoms with Gasteiger partial charge in [-0.3, -0.25) is 9.69 Å². The first-order valence-corrected chi connectivity index (χ1v) is 7.53. The van der Waals surface area contributed by atoms with E-state index in [0.29, 0.717) is 18.0 Å². The summed E-state index contributed by atoms with van der Waals surface area (Å²) in [5, 5.41) is 2.29. The summed E-state index contributed by atoms with van der Waals surface area (Å²) in [5.41, 5.74) is 1.02. The number of methoxy groups -OCH3 is 2. The third kappa shape index (κ3) is 4.54. The van der Waals surface area contributed by atoms with Crippen molar-refractivity contribution in [1.29, 1.82) is 0 Å². The highest BCUT2D eigenvalue weighted by Crippen LogP contribution is 2.32. The number of nitrogens with zero attached hydrogens (tertiary/aromatic N) is 1. The molecular formula is C16H22F2N2O3. The van der Waals surface area contributed by atoms with Gasteiger partial charge in [-0.1, -0.05) is 12.1 Å². The molecule has 5 nitrogen and oxygen atoms in total. The zero-order chi connectivity index (χ0) is 16.8. The average Bonchev–Trinajstić information content (AvgIpc) is 2.99. The number of hydrogen-bond acceptors (Lipinski definition) is 4. The van der Waals surface area contributed by atoms with Crippen LogP contribution in [-0.4, -0.2) is 51.1 Å². The highest BCUT2D eigenvalue weighted by Gasteiger charge is 2.25. The van der Waals surface area contributed by atoms with Crippen LogP contribution in [-0.2, 0) is 11.3 Å². The fourth-order valence-electron chi connectivity index (χ4n) is 2.86. The van der Waals surface area contributed by atoms with Crippen molar-refractivity contribution in [2.45, 2.75) is 19.4 Å². The molecular weight excluding hydrogens is 306 g/mol. The maximum Gasteiger partial charge on any atom is 0.315 e. The first-order chi connectivity index (χ1) is 11.0. The molecule has 0 spiro atoms. The molecule has 1 aliphatic rings. The van der Waals surface area contributed by atoms with Gasteiger partial charge < -0.3 is 14.8 Å². The van der Waals surface area contributed by atoms with Crippen molar-refractivity contribution in [2.75, 3.05) is 33.9 Å². The Morgan fingerprint density at radius 3 is 2.83 bits per heavy atom. The molecule has 1 atom stereocenters. The topological polar surface area (TPSA) is 50.8 Å². The van der Waals surface area contributed by atoms with Crippen molar-refractivity contribution >= 4 is 5.91 Å². The average molecular weight is 328 g/mol. The largest absolute Gasteiger partial charge is 0.493 e. The lowest BCUT2D eigenvalue weighted by molar-refractivity contribution is -0.131. The van der Waals surface area contributed by atoms with Crippen LogP contribution >= 0.6 is 0 Å². The Balaban J connectivity index is 1.90. The minimum absolute atomic E-state index is 0.189. The molecule has 23 heavy (non-hydrogen) atoms. The minimum atomic E-state index is -2.95. The lowest BCUT2D eigenvalue weighted by Crippen LogP contribution is -2.34. The van der Waals surface area contributed by atoms with Crippen LogP contribution in [0.5, 0.6) is 11.5 Å². The molecule has 1 amide bonds. The van der Waals surface area contributed by atoms with E-state index in [9.17, 15) is 13.6 Å². The number of hydrogen-bond donors (Lipinski definition) is 1. The van der Waals surface area contributed by atoms with Crippen LogP contribution in [0.2, 0.25) is 0 Å². The van der Waals surface area contributed by atoms with E-state index in [2.05, 4.69) is 10.2 Å². The van der Waals surface area contributed by atoms with Gasteiger partial charge in [-0.2, -0.15) is 8.78 Å². The van der Waals surface area contributed by atoms with Gasteiger partial charge in [0.15, 0.2) is 11.5 Å². The molecule has 1 aromatic carbocycles. The molecule has 7 heteroatoms. The summed E-state index contributed by atoms with van der Waals surface area (Å²) in [5.74, 6) is 0.390. The molecule has 0 radical (unpaired) electrons. The Labute approximate surface area is 134 Å². The third-order valence-corrected chi connectivity index (χ3v) is 4.01. The molecule has 0 aromatic heterocycles. The molecule has 0 unspecified atom stereocenters. The molecule has 1 N–H and O–H groups in total. The Morgan fingerprint density at radius 1 is 1.39 bits per heavy atom. The van der Waals surface area contributed by atoms with E-state index in [1.54, 1.807) is 14.2 Å². The number of amides is 1. The van der Waals surface area contributed by atoms with Crippen molar-refractivity contribution in [2.24, 2.45) is 5.92 Å². The van der Waals surface area contributed by atoms with Gasteiger partial charge >= 0.3 is 6.43 Å². The van der Waals surface area contributed by atoms with E-state index in [-0.39, 0.29) is 12.5 Å². The van der Waals surface area contributed by atoms with Gasteiger partial charge in [0.1, 0.15) is 0 Å². The quantitative estimate of drug-likeness (QED) is 0.831. The molecule has 1 fully saturated rings. The SMILES string of the molecule is COc1cccc(CN2CC[C@@H](CNC(=O)C(F)F)C2)c1OC. The molecule has 1 saturated heterocycles. The number of nitrogens with one attached hydrogen (secondary N) is 1. The van der Waals surface area contributed by atoms with Gasteiger partial charge in [0, 0.05) is 25.2 Å². The van der Waals surface area contributed by atoms with Gasteiger partial charge in [-0.05, 0) is 24.9 Å². The monoisotopic (exact) mass is 328 g/mol. The highest BCUT2D eigenvalue weighted by molar-refractivity contribution is 5.79. The highest BCUT2D eigenvalue weighted by atomic mass is 19.3. The number of ether oxygens (including phenoxy) is 2. The van der Waals surface area contributed by atoms with Gasteiger partial charge in [-0.25, -0.2) is 0 Å². The van der Waals surface area contributed by atoms with Crippen LogP contribution in [0.3, 0.4) is 0 Å². The fourth-order valence-corrected chi connectivity index (χ4v) is 2.86. The van der Waals surface area contributed by atoms with E-state index >= 15 is 0 Å². The van der Waals surface area contributed by atoms with E-state index < -0.39 is 12.3 Å². The molecule has 128 valence electrons. The normalized spacial score (nSPS) is 18.2. The number of carbonyl (C=O) groups excluding carboxylic acids is 1. The maximum atomic E-state index is 12.2. The number of rotatable bonds is 7. The Morgan fingerprint density at radius 2 is 2.17 bits per heavy atom. The number of alkyl halides is 2. The molecule has 1 aliphatic heterocycles. The van der Waals surface area contributed by atoms with Crippen molar-refractivity contribution in [3.63, 3.8) is 0 Å². The fraction of sp³-hybridized carbons (Fsp3) is 0.562. The summed E-state index contributed by atoms with van der Waals surface area (Å²) in [6, 6.07) is 5.73. The van der Waals surface area contributed by atoms with Crippen molar-refractivity contribution in [1.82, 2.24) is 10.2 Å². The van der Waals surface area contributed by atoms with Crippen molar-refractivity contribution in [3.05, 3.63) is 23.8 Å². The second-order valence-electron chi connectivity index (χ2n) is 5.59. The van der Waals surface area contributed by atoms with E-state index in [4.69, 9.17) is 9.47 Å². The molecule has 0 bridgehead atoms. The van der Waals surface area contributed by atoms with Crippen molar-refractivity contribution in [3.8, 4) is 11.5 Å². The van der Waals surface area contributed by atoms with Gasteiger partial charge in [0.05, 0.1) is 14.2 Å². The molecule has 2 rings (SSSR count). The lowest BCUT2D eigenvalue weighted by atomic mass is 10.1. The maximum absolute atomic E-state index is 12.2. The van der Waals surface area contributed by atoms with Crippen LogP contribution in [0, 0.1) is 5.92 Å². The van der Waals surface area contributed by atoms with E-state index in [0.717, 1.165) is 25.1 Å². The minimum Gasteiger partial charge on any atom is -0.493 e. The van der Waals surface area contributed by atoms with E-state index in [1.807, 2.05) is 18.2 Å². The Hall–Kier alpha value is -1.89. The van der Waals surface area contributed by atoms with Gasteiger partial charge in [0.25, 0.3) is 5.91 Å². The van der Waals surface area contributed by atoms with Crippen LogP contribution in [0.4, 0.5) is 8.78 Å². The predicted molar refractivity (Wildman–Crippen MR) is 81.9 cm³/mol. The summed E-state index contributed by atoms with van der Waals surface area (Å²) in [4.78, 5) is 13.1. The summed E-state index contributed by atoms with van der Waals surface area (Å²) in [6.45, 7) is 2.59. The summed E-state index contributed by atoms with van der Waals surface area (Å²) in [7, 11) is 3.20. The second-order valence-corrected chi connectivity index (χ2v) is 5.59. The van der Waals surface area contributed by atoms with Crippen LogP contribution in [0.25, 0.3) is 0 Å². The van der Waals surface area contributed by atoms with Crippen LogP contribution in [0.15, 0.2) is 18.2 Å². The molecule has 1 heterocycles. The van der Waals surface area contributed by atoms with Gasteiger partial charge in [0.2, 0.25) is 0 Å². The number of carbonyl (C=O) groups is 1. The first-order valence-electron chi connectivity index (χ1n) is 7.53. The predicted octanol–water partition coefficient (Wildman–Crippen LogP) is 1.91. The van der Waals surface area contributed by atoms with Gasteiger partial charge in [-0.15, -0.1) is 0 Å². The van der Waals surface area contributed by atoms with Crippen LogP contribution in [0.1, 0.15) is 12.0 Å². The zero-order valence-corrected chi connectivity index (χ0v) is 13.4. The van der Waals surface area contributed by atoms with Crippen molar-refractivity contribution < 1.29 is 23.0 Å². The lowest BCUT2D eigenvalue weighted by Gasteiger charge is -2.19. The summed E-state index contributed by atoms with van der Waals surface area (Å²) < 4.78 is 35.1. The number of halogens is 2. The van der Waals surface area contributed by atoms with Crippen LogP contribution < -0.4 is 14.8 Å². The standard InChI is InChI=1S/C16H22F2N2O3/c1-22-13-5-3-4-12(14(13)23-2)10-20-7-6-11(9-20)8-19-16(21)15(17)18/h3-5,11,15H,6-10H2,1-2H3,(H,19,21)/t11-/m0/s1. The molecule has 1 aromatic rings. The summed E-state index contributed by atoms with van der Waals surface area (Å²) in [6.07, 6.45) is -2.08. The molecule has 0 saturated carbocycles. The zero-order valence-electron chi connectivity index (χ0n) is 13.4. The Bertz CT molecular complexity index is 540. The number of benzene rings is 1. The Kier molecular flexibility index (Phi) is 6.15. The third-order valence-electron chi connectivity index (χ3n) is 4.01. The smallest absolute Gasteiger partial charge is 0.315 e. The number of para-hydroxylation sites is 1. The summed E-state index contributed by atoms with van der Waals surface area (Å²) >= 11 is 0. The van der Waals surface area contributed by atoms with E-state index in [1.165, 1.54) is 0 Å². The molecule has 0 aliphatic carbocycles. The first kappa shape index (κ1) is 17.5. The number of likely N-dealkylation sites (tertiary alicyclic amines) is 1.